The fourth-order valence-corrected chi connectivity index (χ4v) is 1.69. The van der Waals surface area contributed by atoms with Crippen LogP contribution >= 0.6 is 22.9 Å². The molecule has 0 saturated heterocycles. The number of hydrogen-bond donors (Lipinski definition) is 0. The third-order valence-electron chi connectivity index (χ3n) is 1.35. The molecule has 0 bridgehead atoms. The molecule has 0 spiro atoms. The Hall–Kier alpha value is -0.940. The largest absolute Gasteiger partial charge is 0.461 e. The van der Waals surface area contributed by atoms with E-state index < -0.39 is 5.97 Å². The summed E-state index contributed by atoms with van der Waals surface area (Å²) >= 11 is 6.43. The van der Waals surface area contributed by atoms with Crippen LogP contribution < -0.4 is 0 Å². The van der Waals surface area contributed by atoms with E-state index in [4.69, 9.17) is 16.3 Å². The standard InChI is InChI=1S/C8H8ClNO3S/c1-2-13-8(12)5-4-14-7(10-5)6(11)3-9/h4H,2-3H2,1H3. The van der Waals surface area contributed by atoms with Gasteiger partial charge in [0.1, 0.15) is 0 Å². The molecule has 0 aliphatic carbocycles. The van der Waals surface area contributed by atoms with Crippen LogP contribution in [0.2, 0.25) is 0 Å². The van der Waals surface area contributed by atoms with Gasteiger partial charge in [0.15, 0.2) is 10.7 Å². The van der Waals surface area contributed by atoms with Crippen molar-refractivity contribution in [2.75, 3.05) is 12.5 Å². The highest BCUT2D eigenvalue weighted by Crippen LogP contribution is 2.11. The Kier molecular flexibility index (Phi) is 4.03. The molecule has 14 heavy (non-hydrogen) atoms. The van der Waals surface area contributed by atoms with Crippen molar-refractivity contribution in [3.05, 3.63) is 16.1 Å². The van der Waals surface area contributed by atoms with Gasteiger partial charge in [-0.25, -0.2) is 9.78 Å². The van der Waals surface area contributed by atoms with E-state index in [0.717, 1.165) is 11.3 Å². The lowest BCUT2D eigenvalue weighted by Gasteiger charge is -1.95. The number of esters is 1. The topological polar surface area (TPSA) is 56.3 Å². The van der Waals surface area contributed by atoms with E-state index in [2.05, 4.69) is 4.98 Å². The molecule has 0 N–H and O–H groups in total. The van der Waals surface area contributed by atoms with Gasteiger partial charge in [0.05, 0.1) is 12.5 Å². The molecule has 0 fully saturated rings. The SMILES string of the molecule is CCOC(=O)c1csc(C(=O)CCl)n1. The molecule has 0 radical (unpaired) electrons. The van der Waals surface area contributed by atoms with E-state index in [9.17, 15) is 9.59 Å². The first-order chi connectivity index (χ1) is 6.69. The van der Waals surface area contributed by atoms with Gasteiger partial charge in [0.2, 0.25) is 5.78 Å². The van der Waals surface area contributed by atoms with Gasteiger partial charge in [0, 0.05) is 5.38 Å². The second-order valence-electron chi connectivity index (χ2n) is 2.32. The number of rotatable bonds is 4. The first-order valence-corrected chi connectivity index (χ1v) is 5.32. The van der Waals surface area contributed by atoms with E-state index in [1.54, 1.807) is 6.92 Å². The van der Waals surface area contributed by atoms with Crippen molar-refractivity contribution in [1.29, 1.82) is 0 Å². The molecule has 4 nitrogen and oxygen atoms in total. The number of carbonyl (C=O) groups excluding carboxylic acids is 2. The monoisotopic (exact) mass is 233 g/mol. The highest BCUT2D eigenvalue weighted by atomic mass is 35.5. The average Bonchev–Trinajstić information content (AvgIpc) is 2.66. The number of aromatic nitrogens is 1. The molecular formula is C8H8ClNO3S. The second kappa shape index (κ2) is 5.07. The van der Waals surface area contributed by atoms with Gasteiger partial charge >= 0.3 is 5.97 Å². The van der Waals surface area contributed by atoms with Gasteiger partial charge in [-0.2, -0.15) is 0 Å². The van der Waals surface area contributed by atoms with Crippen molar-refractivity contribution >= 4 is 34.7 Å². The van der Waals surface area contributed by atoms with Crippen LogP contribution in [0.15, 0.2) is 5.38 Å². The quantitative estimate of drug-likeness (QED) is 0.452. The minimum atomic E-state index is -0.516. The molecule has 0 aliphatic rings. The molecule has 1 aromatic heterocycles. The van der Waals surface area contributed by atoms with Crippen LogP contribution in [-0.2, 0) is 4.74 Å². The molecule has 1 aromatic rings. The van der Waals surface area contributed by atoms with E-state index in [1.807, 2.05) is 0 Å². The maximum absolute atomic E-state index is 11.1. The van der Waals surface area contributed by atoms with Crippen LogP contribution in [0.5, 0.6) is 0 Å². The lowest BCUT2D eigenvalue weighted by atomic mass is 10.4. The molecule has 0 aromatic carbocycles. The Morgan fingerprint density at radius 2 is 2.36 bits per heavy atom. The Morgan fingerprint density at radius 1 is 1.64 bits per heavy atom. The fourth-order valence-electron chi connectivity index (χ4n) is 0.758. The molecule has 0 amide bonds. The first-order valence-electron chi connectivity index (χ1n) is 3.90. The van der Waals surface area contributed by atoms with Crippen molar-refractivity contribution in [1.82, 2.24) is 4.98 Å². The van der Waals surface area contributed by atoms with Crippen LogP contribution in [-0.4, -0.2) is 29.2 Å². The zero-order valence-corrected chi connectivity index (χ0v) is 9.02. The summed E-state index contributed by atoms with van der Waals surface area (Å²) in [6.45, 7) is 1.99. The van der Waals surface area contributed by atoms with Gasteiger partial charge in [-0.15, -0.1) is 22.9 Å². The number of alkyl halides is 1. The zero-order valence-electron chi connectivity index (χ0n) is 7.45. The molecular weight excluding hydrogens is 226 g/mol. The summed E-state index contributed by atoms with van der Waals surface area (Å²) in [7, 11) is 0. The van der Waals surface area contributed by atoms with Gasteiger partial charge in [-0.3, -0.25) is 4.79 Å². The smallest absolute Gasteiger partial charge is 0.357 e. The highest BCUT2D eigenvalue weighted by Gasteiger charge is 2.15. The molecule has 1 heterocycles. The number of hydrogen-bond acceptors (Lipinski definition) is 5. The van der Waals surface area contributed by atoms with E-state index >= 15 is 0 Å². The van der Waals surface area contributed by atoms with Crippen molar-refractivity contribution in [3.8, 4) is 0 Å². The van der Waals surface area contributed by atoms with Crippen LogP contribution in [0.4, 0.5) is 0 Å². The summed E-state index contributed by atoms with van der Waals surface area (Å²) in [5.41, 5.74) is 0.158. The fraction of sp³-hybridized carbons (Fsp3) is 0.375. The van der Waals surface area contributed by atoms with Crippen LogP contribution in [0, 0.1) is 0 Å². The molecule has 0 saturated carbocycles. The highest BCUT2D eigenvalue weighted by molar-refractivity contribution is 7.12. The minimum Gasteiger partial charge on any atom is -0.461 e. The van der Waals surface area contributed by atoms with Crippen molar-refractivity contribution < 1.29 is 14.3 Å². The zero-order chi connectivity index (χ0) is 10.6. The van der Waals surface area contributed by atoms with Gasteiger partial charge in [-0.05, 0) is 6.92 Å². The van der Waals surface area contributed by atoms with E-state index in [0.29, 0.717) is 0 Å². The number of Topliss-reactive ketones (excluding diaryl/α,β-unsaturated/α-hetero) is 1. The lowest BCUT2D eigenvalue weighted by Crippen LogP contribution is -2.06. The minimum absolute atomic E-state index is 0.129. The summed E-state index contributed by atoms with van der Waals surface area (Å²) in [5.74, 6) is -0.930. The molecule has 6 heteroatoms. The molecule has 1 rings (SSSR count). The van der Waals surface area contributed by atoms with Gasteiger partial charge in [0.25, 0.3) is 0 Å². The number of nitrogens with zero attached hydrogens (tertiary/aromatic N) is 1. The molecule has 76 valence electrons. The molecule has 0 unspecified atom stereocenters. The van der Waals surface area contributed by atoms with E-state index in [-0.39, 0.29) is 29.0 Å². The maximum Gasteiger partial charge on any atom is 0.357 e. The third-order valence-corrected chi connectivity index (χ3v) is 2.47. The van der Waals surface area contributed by atoms with Crippen LogP contribution in [0.1, 0.15) is 27.2 Å². The van der Waals surface area contributed by atoms with Crippen LogP contribution in [0.25, 0.3) is 0 Å². The summed E-state index contributed by atoms with van der Waals surface area (Å²) < 4.78 is 4.72. The average molecular weight is 234 g/mol. The number of ketones is 1. The third kappa shape index (κ3) is 2.52. The number of ether oxygens (including phenoxy) is 1. The first kappa shape index (κ1) is 11.1. The normalized spacial score (nSPS) is 9.86. The summed E-state index contributed by atoms with van der Waals surface area (Å²) in [6, 6.07) is 0. The van der Waals surface area contributed by atoms with Crippen LogP contribution in [0.3, 0.4) is 0 Å². The van der Waals surface area contributed by atoms with Crippen molar-refractivity contribution in [2.45, 2.75) is 6.92 Å². The van der Waals surface area contributed by atoms with Gasteiger partial charge in [-0.1, -0.05) is 0 Å². The molecule has 0 atom stereocenters. The Labute approximate surface area is 89.9 Å². The predicted molar refractivity (Wildman–Crippen MR) is 53.1 cm³/mol. The molecule has 0 aliphatic heterocycles. The summed E-state index contributed by atoms with van der Waals surface area (Å²) in [5, 5.41) is 1.72. The Balaban J connectivity index is 2.77. The number of carbonyl (C=O) groups is 2. The summed E-state index contributed by atoms with van der Waals surface area (Å²) in [6.07, 6.45) is 0. The van der Waals surface area contributed by atoms with Crippen molar-refractivity contribution in [2.24, 2.45) is 0 Å². The summed E-state index contributed by atoms with van der Waals surface area (Å²) in [4.78, 5) is 26.0. The van der Waals surface area contributed by atoms with E-state index in [1.165, 1.54) is 5.38 Å². The number of thiazole rings is 1. The lowest BCUT2D eigenvalue weighted by molar-refractivity contribution is 0.0520. The second-order valence-corrected chi connectivity index (χ2v) is 3.44. The number of halogens is 1. The predicted octanol–water partition coefficient (Wildman–Crippen LogP) is 1.74. The maximum atomic E-state index is 11.1. The van der Waals surface area contributed by atoms with Crippen molar-refractivity contribution in [3.63, 3.8) is 0 Å². The Morgan fingerprint density at radius 3 is 2.93 bits per heavy atom. The Bertz CT molecular complexity index is 350. The van der Waals surface area contributed by atoms with Gasteiger partial charge < -0.3 is 4.74 Å².